The van der Waals surface area contributed by atoms with Crippen molar-refractivity contribution in [1.29, 1.82) is 0 Å². The second-order valence-electron chi connectivity index (χ2n) is 3.16. The highest BCUT2D eigenvalue weighted by Gasteiger charge is 2.21. The first-order valence-electron chi connectivity index (χ1n) is 5.07. The average molecular weight is 238 g/mol. The first-order chi connectivity index (χ1) is 7.36. The zero-order chi connectivity index (χ0) is 10.9. The quantitative estimate of drug-likeness (QED) is 0.329. The molecule has 1 aliphatic rings. The molecule has 15 heavy (non-hydrogen) atoms. The topological polar surface area (TPSA) is 49.5 Å². The Morgan fingerprint density at radius 3 is 2.47 bits per heavy atom. The van der Waals surface area contributed by atoms with Crippen LogP contribution in [0.4, 0.5) is 0 Å². The van der Waals surface area contributed by atoms with E-state index < -0.39 is 8.60 Å². The fourth-order valence-corrected chi connectivity index (χ4v) is 1.64. The summed E-state index contributed by atoms with van der Waals surface area (Å²) in [5.74, 6) is 0. The molecule has 1 saturated heterocycles. The zero-order valence-corrected chi connectivity index (χ0v) is 10.2. The van der Waals surface area contributed by atoms with E-state index in [2.05, 4.69) is 0 Å². The first-order valence-corrected chi connectivity index (χ1v) is 6.17. The van der Waals surface area contributed by atoms with Gasteiger partial charge in [-0.15, -0.1) is 0 Å². The van der Waals surface area contributed by atoms with Gasteiger partial charge in [0.1, 0.15) is 6.10 Å². The molecular formula is C9H19O5P. The number of ether oxygens (including phenoxy) is 2. The van der Waals surface area contributed by atoms with Gasteiger partial charge in [-0.1, -0.05) is 0 Å². The maximum Gasteiger partial charge on any atom is 0.332 e. The Bertz CT molecular complexity index is 149. The van der Waals surface area contributed by atoms with E-state index in [9.17, 15) is 0 Å². The minimum absolute atomic E-state index is 0.357. The maximum atomic E-state index is 5.38. The Balaban J connectivity index is 1.75. The predicted octanol–water partition coefficient (Wildman–Crippen LogP) is 1.72. The molecule has 0 aromatic carbocycles. The summed E-state index contributed by atoms with van der Waals surface area (Å²) < 4.78 is 25.6. The molecule has 0 aromatic heterocycles. The third-order valence-corrected chi connectivity index (χ3v) is 2.87. The molecule has 1 unspecified atom stereocenters. The van der Waals surface area contributed by atoms with Crippen molar-refractivity contribution in [2.75, 3.05) is 40.6 Å². The van der Waals surface area contributed by atoms with Crippen LogP contribution in [0.1, 0.15) is 12.8 Å². The first kappa shape index (κ1) is 13.3. The molecule has 90 valence electrons. The van der Waals surface area contributed by atoms with Crippen LogP contribution in [-0.4, -0.2) is 46.8 Å². The van der Waals surface area contributed by atoms with E-state index >= 15 is 0 Å². The minimum Gasteiger partial charge on any atom is -0.379 e. The summed E-state index contributed by atoms with van der Waals surface area (Å²) in [6.07, 6.45) is 2.30. The molecule has 0 amide bonds. The lowest BCUT2D eigenvalue weighted by atomic mass is 10.3. The maximum absolute atomic E-state index is 5.38. The van der Waals surface area contributed by atoms with Crippen LogP contribution in [-0.2, 0) is 23.0 Å². The Hall–Kier alpha value is 0.230. The predicted molar refractivity (Wildman–Crippen MR) is 56.7 cm³/mol. The highest BCUT2D eigenvalue weighted by molar-refractivity contribution is 7.41. The summed E-state index contributed by atoms with van der Waals surface area (Å²) in [5.41, 5.74) is 0. The smallest absolute Gasteiger partial charge is 0.332 e. The molecule has 0 aliphatic carbocycles. The fraction of sp³-hybridized carbons (Fsp3) is 1.00. The van der Waals surface area contributed by atoms with Gasteiger partial charge in [0, 0.05) is 20.8 Å². The average Bonchev–Trinajstić information content (AvgIpc) is 3.06. The molecule has 5 nitrogen and oxygen atoms in total. The van der Waals surface area contributed by atoms with Crippen LogP contribution in [0.15, 0.2) is 0 Å². The summed E-state index contributed by atoms with van der Waals surface area (Å²) in [6, 6.07) is 0. The van der Waals surface area contributed by atoms with Crippen molar-refractivity contribution in [3.05, 3.63) is 0 Å². The van der Waals surface area contributed by atoms with E-state index in [4.69, 9.17) is 23.0 Å². The Morgan fingerprint density at radius 2 is 1.87 bits per heavy atom. The lowest BCUT2D eigenvalue weighted by molar-refractivity contribution is 0.109. The van der Waals surface area contributed by atoms with Gasteiger partial charge in [-0.2, -0.15) is 0 Å². The second kappa shape index (κ2) is 8.39. The van der Waals surface area contributed by atoms with Gasteiger partial charge in [0.05, 0.1) is 19.8 Å². The molecule has 0 N–H and O–H groups in total. The van der Waals surface area contributed by atoms with Crippen LogP contribution >= 0.6 is 8.60 Å². The lowest BCUT2D eigenvalue weighted by Crippen LogP contribution is -2.03. The molecule has 6 heteroatoms. The number of hydrogen-bond acceptors (Lipinski definition) is 5. The van der Waals surface area contributed by atoms with Crippen molar-refractivity contribution in [2.24, 2.45) is 0 Å². The fourth-order valence-electron chi connectivity index (χ4n) is 1.00. The van der Waals surface area contributed by atoms with Crippen molar-refractivity contribution in [2.45, 2.75) is 18.9 Å². The summed E-state index contributed by atoms with van der Waals surface area (Å²) in [5, 5.41) is 0. The molecule has 1 fully saturated rings. The van der Waals surface area contributed by atoms with E-state index in [0.29, 0.717) is 12.7 Å². The van der Waals surface area contributed by atoms with E-state index in [1.54, 1.807) is 14.2 Å². The van der Waals surface area contributed by atoms with Crippen LogP contribution in [0.2, 0.25) is 0 Å². The van der Waals surface area contributed by atoms with Crippen LogP contribution < -0.4 is 0 Å². The molecule has 1 atom stereocenters. The molecule has 1 aliphatic heterocycles. The van der Waals surface area contributed by atoms with Gasteiger partial charge in [-0.3, -0.25) is 0 Å². The number of hydrogen-bond donors (Lipinski definition) is 0. The highest BCUT2D eigenvalue weighted by Crippen LogP contribution is 2.37. The Kier molecular flexibility index (Phi) is 7.44. The SMILES string of the molecule is COP(OC)OCCCCOCC1CO1. The van der Waals surface area contributed by atoms with E-state index in [1.807, 2.05) is 0 Å². The molecule has 0 aromatic rings. The second-order valence-corrected chi connectivity index (χ2v) is 4.60. The Morgan fingerprint density at radius 1 is 1.20 bits per heavy atom. The minimum atomic E-state index is -1.14. The van der Waals surface area contributed by atoms with E-state index in [-0.39, 0.29) is 0 Å². The molecule has 1 rings (SSSR count). The molecule has 0 bridgehead atoms. The Labute approximate surface area is 92.0 Å². The summed E-state index contributed by atoms with van der Waals surface area (Å²) in [6.45, 7) is 3.00. The van der Waals surface area contributed by atoms with Crippen molar-refractivity contribution in [3.63, 3.8) is 0 Å². The normalized spacial score (nSPS) is 19.8. The van der Waals surface area contributed by atoms with E-state index in [0.717, 1.165) is 32.7 Å². The number of rotatable bonds is 10. The number of epoxide rings is 1. The number of unbranched alkanes of at least 4 members (excludes halogenated alkanes) is 1. The van der Waals surface area contributed by atoms with Crippen molar-refractivity contribution < 1.29 is 23.0 Å². The van der Waals surface area contributed by atoms with Gasteiger partial charge in [-0.05, 0) is 12.8 Å². The molecule has 1 heterocycles. The van der Waals surface area contributed by atoms with Gasteiger partial charge < -0.3 is 23.0 Å². The largest absolute Gasteiger partial charge is 0.379 e. The van der Waals surface area contributed by atoms with Crippen molar-refractivity contribution >= 4 is 8.60 Å². The summed E-state index contributed by atoms with van der Waals surface area (Å²) >= 11 is 0. The van der Waals surface area contributed by atoms with Gasteiger partial charge in [0.25, 0.3) is 0 Å². The monoisotopic (exact) mass is 238 g/mol. The zero-order valence-electron chi connectivity index (χ0n) is 9.31. The summed E-state index contributed by atoms with van der Waals surface area (Å²) in [4.78, 5) is 0. The highest BCUT2D eigenvalue weighted by atomic mass is 31.2. The van der Waals surface area contributed by atoms with Crippen LogP contribution in [0, 0.1) is 0 Å². The van der Waals surface area contributed by atoms with Crippen molar-refractivity contribution in [1.82, 2.24) is 0 Å². The van der Waals surface area contributed by atoms with Crippen LogP contribution in [0.3, 0.4) is 0 Å². The molecule has 0 spiro atoms. The molecular weight excluding hydrogens is 219 g/mol. The lowest BCUT2D eigenvalue weighted by Gasteiger charge is -2.11. The molecule has 0 radical (unpaired) electrons. The standard InChI is InChI=1S/C9H19O5P/c1-10-15(11-2)14-6-4-3-5-12-7-9-8-13-9/h9H,3-8H2,1-2H3. The molecule has 0 saturated carbocycles. The van der Waals surface area contributed by atoms with Gasteiger partial charge >= 0.3 is 8.60 Å². The van der Waals surface area contributed by atoms with Gasteiger partial charge in [0.15, 0.2) is 0 Å². The van der Waals surface area contributed by atoms with Gasteiger partial charge in [0.2, 0.25) is 0 Å². The third-order valence-electron chi connectivity index (χ3n) is 1.88. The van der Waals surface area contributed by atoms with E-state index in [1.165, 1.54) is 0 Å². The van der Waals surface area contributed by atoms with Gasteiger partial charge in [-0.25, -0.2) is 0 Å². The van der Waals surface area contributed by atoms with Crippen LogP contribution in [0.25, 0.3) is 0 Å². The van der Waals surface area contributed by atoms with Crippen LogP contribution in [0.5, 0.6) is 0 Å². The third kappa shape index (κ3) is 7.17. The van der Waals surface area contributed by atoms with Crippen molar-refractivity contribution in [3.8, 4) is 0 Å². The summed E-state index contributed by atoms with van der Waals surface area (Å²) in [7, 11) is 2.01.